The molecule has 0 spiro atoms. The van der Waals surface area contributed by atoms with Crippen LogP contribution in [0.25, 0.3) is 0 Å². The molecule has 2 amide bonds. The van der Waals surface area contributed by atoms with Crippen LogP contribution in [-0.4, -0.2) is 29.7 Å². The highest BCUT2D eigenvalue weighted by molar-refractivity contribution is 7.99. The van der Waals surface area contributed by atoms with Crippen LogP contribution >= 0.6 is 11.8 Å². The molecule has 5 atom stereocenters. The van der Waals surface area contributed by atoms with Gasteiger partial charge < -0.3 is 10.6 Å². The van der Waals surface area contributed by atoms with Gasteiger partial charge in [0.1, 0.15) is 0 Å². The van der Waals surface area contributed by atoms with Gasteiger partial charge in [-0.25, -0.2) is 0 Å². The van der Waals surface area contributed by atoms with E-state index in [0.29, 0.717) is 18.3 Å². The van der Waals surface area contributed by atoms with Crippen molar-refractivity contribution in [1.82, 2.24) is 10.6 Å². The van der Waals surface area contributed by atoms with Crippen LogP contribution in [-0.2, 0) is 9.59 Å². The molecule has 0 radical (unpaired) electrons. The molecule has 2 aliphatic carbocycles. The molecule has 0 bridgehead atoms. The Morgan fingerprint density at radius 3 is 2.81 bits per heavy atom. The molecule has 5 heteroatoms. The van der Waals surface area contributed by atoms with Gasteiger partial charge in [0.2, 0.25) is 11.8 Å². The van der Waals surface area contributed by atoms with Gasteiger partial charge >= 0.3 is 0 Å². The molecule has 3 aliphatic rings. The summed E-state index contributed by atoms with van der Waals surface area (Å²) in [5.41, 5.74) is 0. The van der Waals surface area contributed by atoms with Crippen LogP contribution in [0.3, 0.4) is 0 Å². The molecule has 1 aromatic rings. The fourth-order valence-electron chi connectivity index (χ4n) is 5.20. The quantitative estimate of drug-likeness (QED) is 0.779. The Balaban J connectivity index is 1.24. The molecule has 3 fully saturated rings. The zero-order chi connectivity index (χ0) is 17.9. The summed E-state index contributed by atoms with van der Waals surface area (Å²) in [6.45, 7) is 0. The first-order valence-corrected chi connectivity index (χ1v) is 11.0. The minimum Gasteiger partial charge on any atom is -0.353 e. The highest BCUT2D eigenvalue weighted by atomic mass is 32.2. The van der Waals surface area contributed by atoms with Gasteiger partial charge in [0.05, 0.1) is 0 Å². The normalized spacial score (nSPS) is 33.1. The van der Waals surface area contributed by atoms with Crippen molar-refractivity contribution in [2.75, 3.05) is 5.75 Å². The van der Waals surface area contributed by atoms with Crippen LogP contribution in [0, 0.1) is 17.8 Å². The largest absolute Gasteiger partial charge is 0.353 e. The summed E-state index contributed by atoms with van der Waals surface area (Å²) in [7, 11) is 0. The second-order valence-corrected chi connectivity index (χ2v) is 9.14. The highest BCUT2D eigenvalue weighted by Gasteiger charge is 2.47. The smallest absolute Gasteiger partial charge is 0.223 e. The van der Waals surface area contributed by atoms with E-state index in [1.165, 1.54) is 17.7 Å². The molecule has 5 unspecified atom stereocenters. The molecular weight excluding hydrogens is 344 g/mol. The van der Waals surface area contributed by atoms with Crippen molar-refractivity contribution in [3.05, 3.63) is 30.3 Å². The summed E-state index contributed by atoms with van der Waals surface area (Å²) >= 11 is 1.72. The monoisotopic (exact) mass is 372 g/mol. The maximum absolute atomic E-state index is 12.3. The van der Waals surface area contributed by atoms with E-state index in [4.69, 9.17) is 0 Å². The van der Waals surface area contributed by atoms with Gasteiger partial charge in [-0.05, 0) is 56.1 Å². The SMILES string of the molecule is O=C(CCSc1ccccc1)NC1CCC2C(C1)NC(=O)C1CCCC12. The van der Waals surface area contributed by atoms with E-state index in [-0.39, 0.29) is 29.8 Å². The average molecular weight is 373 g/mol. The van der Waals surface area contributed by atoms with Crippen LogP contribution in [0.15, 0.2) is 35.2 Å². The van der Waals surface area contributed by atoms with Gasteiger partial charge in [0.15, 0.2) is 0 Å². The summed E-state index contributed by atoms with van der Waals surface area (Å²) in [6.07, 6.45) is 7.11. The van der Waals surface area contributed by atoms with Crippen molar-refractivity contribution in [2.45, 2.75) is 61.9 Å². The minimum absolute atomic E-state index is 0.137. The fourth-order valence-corrected chi connectivity index (χ4v) is 6.07. The van der Waals surface area contributed by atoms with E-state index in [0.717, 1.165) is 31.4 Å². The lowest BCUT2D eigenvalue weighted by Gasteiger charge is -2.45. The lowest BCUT2D eigenvalue weighted by atomic mass is 9.68. The molecule has 140 valence electrons. The first-order valence-electron chi connectivity index (χ1n) is 9.98. The lowest BCUT2D eigenvalue weighted by molar-refractivity contribution is -0.132. The predicted octanol–water partition coefficient (Wildman–Crippen LogP) is 3.37. The number of piperidine rings is 1. The van der Waals surface area contributed by atoms with Gasteiger partial charge in [-0.15, -0.1) is 11.8 Å². The number of rotatable bonds is 5. The number of benzene rings is 1. The van der Waals surface area contributed by atoms with E-state index in [9.17, 15) is 9.59 Å². The van der Waals surface area contributed by atoms with E-state index in [2.05, 4.69) is 22.8 Å². The zero-order valence-electron chi connectivity index (χ0n) is 15.2. The summed E-state index contributed by atoms with van der Waals surface area (Å²) in [5.74, 6) is 2.68. The first-order chi connectivity index (χ1) is 12.7. The second-order valence-electron chi connectivity index (χ2n) is 7.97. The molecule has 2 N–H and O–H groups in total. The van der Waals surface area contributed by atoms with E-state index in [1.54, 1.807) is 11.8 Å². The standard InChI is InChI=1S/C21H28N2O2S/c24-20(11-12-26-15-5-2-1-3-6-15)22-14-9-10-17-16-7-4-8-18(16)21(25)23-19(17)13-14/h1-3,5-6,14,16-19H,4,7-13H2,(H,22,24)(H,23,25). The third kappa shape index (κ3) is 3.93. The first kappa shape index (κ1) is 17.9. The van der Waals surface area contributed by atoms with Crippen LogP contribution in [0.4, 0.5) is 0 Å². The molecular formula is C21H28N2O2S. The van der Waals surface area contributed by atoms with Gasteiger partial charge in [-0.1, -0.05) is 24.6 Å². The van der Waals surface area contributed by atoms with Crippen molar-refractivity contribution in [3.8, 4) is 0 Å². The summed E-state index contributed by atoms with van der Waals surface area (Å²) in [4.78, 5) is 25.8. The van der Waals surface area contributed by atoms with Crippen molar-refractivity contribution in [3.63, 3.8) is 0 Å². The van der Waals surface area contributed by atoms with Crippen molar-refractivity contribution < 1.29 is 9.59 Å². The number of nitrogens with one attached hydrogen (secondary N) is 2. The Morgan fingerprint density at radius 2 is 1.96 bits per heavy atom. The fraction of sp³-hybridized carbons (Fsp3) is 0.619. The Bertz CT molecular complexity index is 651. The second kappa shape index (κ2) is 8.03. The number of amides is 2. The molecule has 0 aromatic heterocycles. The summed E-state index contributed by atoms with van der Waals surface area (Å²) < 4.78 is 0. The van der Waals surface area contributed by atoms with E-state index in [1.807, 2.05) is 18.2 Å². The number of carbonyl (C=O) groups excluding carboxylic acids is 2. The predicted molar refractivity (Wildman–Crippen MR) is 104 cm³/mol. The van der Waals surface area contributed by atoms with Gasteiger partial charge in [0, 0.05) is 35.1 Å². The Hall–Kier alpha value is -1.49. The number of hydrogen-bond donors (Lipinski definition) is 2. The highest BCUT2D eigenvalue weighted by Crippen LogP contribution is 2.46. The van der Waals surface area contributed by atoms with Crippen molar-refractivity contribution in [1.29, 1.82) is 0 Å². The van der Waals surface area contributed by atoms with Crippen LogP contribution in [0.1, 0.15) is 44.9 Å². The zero-order valence-corrected chi connectivity index (χ0v) is 16.0. The van der Waals surface area contributed by atoms with Gasteiger partial charge in [0.25, 0.3) is 0 Å². The van der Waals surface area contributed by atoms with Crippen molar-refractivity contribution >= 4 is 23.6 Å². The molecule has 1 aromatic carbocycles. The summed E-state index contributed by atoms with van der Waals surface area (Å²) in [6, 6.07) is 10.7. The van der Waals surface area contributed by atoms with Gasteiger partial charge in [-0.2, -0.15) is 0 Å². The lowest BCUT2D eigenvalue weighted by Crippen LogP contribution is -2.57. The molecule has 1 aliphatic heterocycles. The molecule has 26 heavy (non-hydrogen) atoms. The summed E-state index contributed by atoms with van der Waals surface area (Å²) in [5, 5.41) is 6.47. The Morgan fingerprint density at radius 1 is 1.12 bits per heavy atom. The maximum atomic E-state index is 12.3. The number of fused-ring (bicyclic) bond motifs is 3. The molecule has 1 saturated heterocycles. The average Bonchev–Trinajstić information content (AvgIpc) is 3.13. The third-order valence-corrected chi connectivity index (χ3v) is 7.41. The van der Waals surface area contributed by atoms with E-state index >= 15 is 0 Å². The Kier molecular flexibility index (Phi) is 5.53. The molecule has 4 nitrogen and oxygen atoms in total. The molecule has 2 saturated carbocycles. The number of thioether (sulfide) groups is 1. The maximum Gasteiger partial charge on any atom is 0.223 e. The Labute approximate surface area is 159 Å². The van der Waals surface area contributed by atoms with Crippen LogP contribution < -0.4 is 10.6 Å². The van der Waals surface area contributed by atoms with Gasteiger partial charge in [-0.3, -0.25) is 9.59 Å². The number of carbonyl (C=O) groups is 2. The minimum atomic E-state index is 0.137. The number of hydrogen-bond acceptors (Lipinski definition) is 3. The van der Waals surface area contributed by atoms with E-state index < -0.39 is 0 Å². The third-order valence-electron chi connectivity index (χ3n) is 6.39. The van der Waals surface area contributed by atoms with Crippen LogP contribution in [0.5, 0.6) is 0 Å². The van der Waals surface area contributed by atoms with Crippen LogP contribution in [0.2, 0.25) is 0 Å². The molecule has 4 rings (SSSR count). The molecule has 1 heterocycles. The topological polar surface area (TPSA) is 58.2 Å². The van der Waals surface area contributed by atoms with Crippen molar-refractivity contribution in [2.24, 2.45) is 17.8 Å².